The molecule has 0 aliphatic carbocycles. The highest BCUT2D eigenvalue weighted by Crippen LogP contribution is 2.34. The summed E-state index contributed by atoms with van der Waals surface area (Å²) < 4.78 is 18.2. The number of thioether (sulfide) groups is 1. The Morgan fingerprint density at radius 1 is 1.15 bits per heavy atom. The zero-order valence-electron chi connectivity index (χ0n) is 13.2. The van der Waals surface area contributed by atoms with Crippen LogP contribution in [-0.4, -0.2) is 22.5 Å². The fourth-order valence-corrected chi connectivity index (χ4v) is 2.95. The number of benzene rings is 2. The second kappa shape index (κ2) is 7.40. The molecule has 1 heterocycles. The van der Waals surface area contributed by atoms with Crippen molar-refractivity contribution >= 4 is 35.3 Å². The zero-order chi connectivity index (χ0) is 18.7. The van der Waals surface area contributed by atoms with E-state index in [-0.39, 0.29) is 27.7 Å². The third-order valence-electron chi connectivity index (χ3n) is 3.50. The number of carbonyl (C=O) groups excluding carboxylic acids is 3. The molecule has 0 bridgehead atoms. The van der Waals surface area contributed by atoms with Crippen molar-refractivity contribution in [3.63, 3.8) is 0 Å². The number of ether oxygens (including phenoxy) is 1. The Morgan fingerprint density at radius 2 is 1.92 bits per heavy atom. The first kappa shape index (κ1) is 17.7. The van der Waals surface area contributed by atoms with E-state index in [0.29, 0.717) is 17.4 Å². The van der Waals surface area contributed by atoms with E-state index in [9.17, 15) is 23.9 Å². The van der Waals surface area contributed by atoms with Gasteiger partial charge >= 0.3 is 0 Å². The lowest BCUT2D eigenvalue weighted by Gasteiger charge is -2.11. The SMILES string of the molecule is O=Cc1cc(CF)ccc1Oc1ccc(/C=C2\SC(=O)NC2=O)cc1O. The molecule has 132 valence electrons. The van der Waals surface area contributed by atoms with Crippen molar-refractivity contribution in [3.05, 3.63) is 58.0 Å². The Balaban J connectivity index is 1.85. The Kier molecular flexibility index (Phi) is 5.04. The van der Waals surface area contributed by atoms with Gasteiger partial charge in [-0.2, -0.15) is 0 Å². The lowest BCUT2D eigenvalue weighted by Crippen LogP contribution is -2.17. The minimum absolute atomic E-state index is 0.0860. The summed E-state index contributed by atoms with van der Waals surface area (Å²) in [5, 5.41) is 11.8. The van der Waals surface area contributed by atoms with Crippen molar-refractivity contribution in [2.45, 2.75) is 6.67 Å². The molecule has 0 aromatic heterocycles. The summed E-state index contributed by atoms with van der Waals surface area (Å²) in [4.78, 5) is 34.0. The summed E-state index contributed by atoms with van der Waals surface area (Å²) >= 11 is 0.769. The monoisotopic (exact) mass is 373 g/mol. The average molecular weight is 373 g/mol. The topological polar surface area (TPSA) is 92.7 Å². The van der Waals surface area contributed by atoms with Gasteiger partial charge in [-0.15, -0.1) is 0 Å². The number of aromatic hydroxyl groups is 1. The van der Waals surface area contributed by atoms with Gasteiger partial charge in [-0.3, -0.25) is 19.7 Å². The molecule has 1 saturated heterocycles. The van der Waals surface area contributed by atoms with E-state index in [1.54, 1.807) is 6.07 Å². The molecule has 26 heavy (non-hydrogen) atoms. The van der Waals surface area contributed by atoms with Crippen molar-refractivity contribution in [3.8, 4) is 17.2 Å². The molecule has 2 aromatic rings. The number of amides is 2. The molecule has 1 aliphatic rings. The lowest BCUT2D eigenvalue weighted by molar-refractivity contribution is -0.115. The summed E-state index contributed by atoms with van der Waals surface area (Å²) in [5.41, 5.74) is 0.987. The summed E-state index contributed by atoms with van der Waals surface area (Å²) in [6.45, 7) is -0.705. The smallest absolute Gasteiger partial charge is 0.290 e. The van der Waals surface area contributed by atoms with Gasteiger partial charge < -0.3 is 9.84 Å². The van der Waals surface area contributed by atoms with Crippen LogP contribution in [0, 0.1) is 0 Å². The molecule has 8 heteroatoms. The van der Waals surface area contributed by atoms with Gasteiger partial charge in [0.05, 0.1) is 10.5 Å². The maximum Gasteiger partial charge on any atom is 0.290 e. The first-order valence-electron chi connectivity index (χ1n) is 7.40. The number of rotatable bonds is 5. The number of hydrogen-bond donors (Lipinski definition) is 2. The third-order valence-corrected chi connectivity index (χ3v) is 4.31. The van der Waals surface area contributed by atoms with Gasteiger partial charge in [0, 0.05) is 0 Å². The molecule has 0 spiro atoms. The quantitative estimate of drug-likeness (QED) is 0.612. The van der Waals surface area contributed by atoms with Gasteiger partial charge in [-0.25, -0.2) is 4.39 Å². The number of phenolic OH excluding ortho intramolecular Hbond substituents is 1. The van der Waals surface area contributed by atoms with Crippen molar-refractivity contribution in [2.75, 3.05) is 0 Å². The van der Waals surface area contributed by atoms with Crippen LogP contribution in [0.5, 0.6) is 17.2 Å². The molecule has 1 fully saturated rings. The van der Waals surface area contributed by atoms with Crippen LogP contribution in [-0.2, 0) is 11.5 Å². The fraction of sp³-hybridized carbons (Fsp3) is 0.0556. The number of carbonyl (C=O) groups is 3. The Morgan fingerprint density at radius 3 is 2.54 bits per heavy atom. The minimum Gasteiger partial charge on any atom is -0.504 e. The summed E-state index contributed by atoms with van der Waals surface area (Å²) in [6.07, 6.45) is 2.00. The number of hydrogen-bond acceptors (Lipinski definition) is 6. The molecule has 0 atom stereocenters. The molecule has 6 nitrogen and oxygen atoms in total. The Bertz CT molecular complexity index is 941. The number of alkyl halides is 1. The highest BCUT2D eigenvalue weighted by molar-refractivity contribution is 8.18. The van der Waals surface area contributed by atoms with Crippen molar-refractivity contribution in [1.29, 1.82) is 0 Å². The van der Waals surface area contributed by atoms with E-state index < -0.39 is 17.8 Å². The van der Waals surface area contributed by atoms with E-state index in [4.69, 9.17) is 4.74 Å². The standard InChI is InChI=1S/C18H12FNO5S/c19-8-11-2-3-14(12(5-11)9-21)25-15-4-1-10(6-13(15)22)7-16-17(23)20-18(24)26-16/h1-7,9,22H,8H2,(H,20,23,24)/b16-7-. The van der Waals surface area contributed by atoms with Gasteiger partial charge in [0.25, 0.3) is 11.1 Å². The number of imide groups is 1. The van der Waals surface area contributed by atoms with E-state index in [1.807, 2.05) is 0 Å². The average Bonchev–Trinajstić information content (AvgIpc) is 2.94. The highest BCUT2D eigenvalue weighted by atomic mass is 32.2. The van der Waals surface area contributed by atoms with Gasteiger partial charge in [0.15, 0.2) is 17.8 Å². The van der Waals surface area contributed by atoms with Crippen LogP contribution in [0.2, 0.25) is 0 Å². The molecule has 3 rings (SSSR count). The van der Waals surface area contributed by atoms with Gasteiger partial charge in [-0.05, 0) is 53.2 Å². The highest BCUT2D eigenvalue weighted by Gasteiger charge is 2.25. The van der Waals surface area contributed by atoms with Crippen LogP contribution in [0.4, 0.5) is 9.18 Å². The number of halogens is 1. The number of phenols is 1. The molecule has 1 aliphatic heterocycles. The Hall–Kier alpha value is -3.13. The van der Waals surface area contributed by atoms with Gasteiger partial charge in [0.2, 0.25) is 0 Å². The summed E-state index contributed by atoms with van der Waals surface area (Å²) in [7, 11) is 0. The predicted octanol–water partition coefficient (Wildman–Crippen LogP) is 3.79. The van der Waals surface area contributed by atoms with Crippen LogP contribution in [0.15, 0.2) is 41.3 Å². The van der Waals surface area contributed by atoms with Crippen LogP contribution in [0.1, 0.15) is 21.5 Å². The van der Waals surface area contributed by atoms with Gasteiger partial charge in [-0.1, -0.05) is 12.1 Å². The second-order valence-corrected chi connectivity index (χ2v) is 6.32. The van der Waals surface area contributed by atoms with Gasteiger partial charge in [0.1, 0.15) is 12.4 Å². The van der Waals surface area contributed by atoms with E-state index in [2.05, 4.69) is 5.32 Å². The van der Waals surface area contributed by atoms with Crippen molar-refractivity contribution < 1.29 is 28.6 Å². The molecule has 0 unspecified atom stereocenters. The molecule has 2 amide bonds. The first-order valence-corrected chi connectivity index (χ1v) is 8.21. The summed E-state index contributed by atoms with van der Waals surface area (Å²) in [5.74, 6) is -0.457. The zero-order valence-corrected chi connectivity index (χ0v) is 14.0. The number of nitrogens with one attached hydrogen (secondary N) is 1. The van der Waals surface area contributed by atoms with Crippen LogP contribution >= 0.6 is 11.8 Å². The molecule has 2 N–H and O–H groups in total. The third kappa shape index (κ3) is 3.75. The maximum absolute atomic E-state index is 12.7. The minimum atomic E-state index is -0.705. The van der Waals surface area contributed by atoms with Crippen molar-refractivity contribution in [1.82, 2.24) is 5.32 Å². The number of aldehydes is 1. The molecule has 2 aromatic carbocycles. The molecule has 0 saturated carbocycles. The second-order valence-electron chi connectivity index (χ2n) is 5.31. The van der Waals surface area contributed by atoms with Crippen LogP contribution in [0.25, 0.3) is 6.08 Å². The largest absolute Gasteiger partial charge is 0.504 e. The fourth-order valence-electron chi connectivity index (χ4n) is 2.27. The van der Waals surface area contributed by atoms with E-state index in [1.165, 1.54) is 36.4 Å². The normalized spacial score (nSPS) is 15.2. The van der Waals surface area contributed by atoms with E-state index in [0.717, 1.165) is 11.8 Å². The van der Waals surface area contributed by atoms with E-state index >= 15 is 0 Å². The van der Waals surface area contributed by atoms with Crippen LogP contribution in [0.3, 0.4) is 0 Å². The Labute approximate surface area is 151 Å². The lowest BCUT2D eigenvalue weighted by atomic mass is 10.1. The molecular formula is C18H12FNO5S. The van der Waals surface area contributed by atoms with Crippen LogP contribution < -0.4 is 10.1 Å². The molecule has 0 radical (unpaired) electrons. The molecular weight excluding hydrogens is 361 g/mol. The summed E-state index contributed by atoms with van der Waals surface area (Å²) in [6, 6.07) is 8.68. The van der Waals surface area contributed by atoms with Crippen molar-refractivity contribution in [2.24, 2.45) is 0 Å². The predicted molar refractivity (Wildman–Crippen MR) is 93.9 cm³/mol. The first-order chi connectivity index (χ1) is 12.5. The maximum atomic E-state index is 12.7.